The monoisotopic (exact) mass is 310 g/mol. The van der Waals surface area contributed by atoms with Crippen LogP contribution in [-0.2, 0) is 0 Å². The highest BCUT2D eigenvalue weighted by molar-refractivity contribution is 6.32. The maximum Gasteiger partial charge on any atom is 0.128 e. The maximum absolute atomic E-state index is 9.55. The first kappa shape index (κ1) is 15.2. The van der Waals surface area contributed by atoms with Crippen molar-refractivity contribution in [2.45, 2.75) is 26.9 Å². The fourth-order valence-electron chi connectivity index (χ4n) is 2.01. The molecular formula is C16H16Cl2O2. The van der Waals surface area contributed by atoms with Crippen LogP contribution in [0.15, 0.2) is 30.3 Å². The normalized spacial score (nSPS) is 12.3. The molecule has 0 heterocycles. The van der Waals surface area contributed by atoms with Crippen molar-refractivity contribution < 1.29 is 9.84 Å². The second-order valence-corrected chi connectivity index (χ2v) is 5.62. The molecule has 0 aliphatic carbocycles. The molecule has 0 aliphatic rings. The number of benzene rings is 2. The lowest BCUT2D eigenvalue weighted by molar-refractivity contribution is 0.199. The second kappa shape index (κ2) is 6.04. The first-order valence-corrected chi connectivity index (χ1v) is 7.06. The van der Waals surface area contributed by atoms with Gasteiger partial charge in [-0.3, -0.25) is 0 Å². The van der Waals surface area contributed by atoms with Crippen LogP contribution in [-0.4, -0.2) is 5.11 Å². The molecule has 4 heteroatoms. The van der Waals surface area contributed by atoms with Gasteiger partial charge in [0.05, 0.1) is 11.1 Å². The predicted molar refractivity (Wildman–Crippen MR) is 83.1 cm³/mol. The zero-order valence-corrected chi connectivity index (χ0v) is 13.1. The summed E-state index contributed by atoms with van der Waals surface area (Å²) < 4.78 is 5.79. The van der Waals surface area contributed by atoms with Crippen molar-refractivity contribution in [2.75, 3.05) is 0 Å². The molecule has 0 aromatic heterocycles. The van der Waals surface area contributed by atoms with E-state index in [0.717, 1.165) is 16.1 Å². The van der Waals surface area contributed by atoms with E-state index >= 15 is 0 Å². The van der Waals surface area contributed by atoms with Gasteiger partial charge in [0.25, 0.3) is 0 Å². The minimum atomic E-state index is -0.600. The number of aliphatic hydroxyl groups excluding tert-OH is 1. The lowest BCUT2D eigenvalue weighted by atomic mass is 10.1. The van der Waals surface area contributed by atoms with Gasteiger partial charge in [-0.2, -0.15) is 0 Å². The van der Waals surface area contributed by atoms with E-state index in [2.05, 4.69) is 0 Å². The van der Waals surface area contributed by atoms with E-state index in [1.54, 1.807) is 25.1 Å². The summed E-state index contributed by atoms with van der Waals surface area (Å²) in [6, 6.07) is 9.01. The van der Waals surface area contributed by atoms with Crippen LogP contribution >= 0.6 is 23.2 Å². The Morgan fingerprint density at radius 2 is 1.60 bits per heavy atom. The van der Waals surface area contributed by atoms with Gasteiger partial charge in [-0.15, -0.1) is 0 Å². The molecule has 1 atom stereocenters. The van der Waals surface area contributed by atoms with Crippen LogP contribution in [0.2, 0.25) is 10.0 Å². The third-order valence-corrected chi connectivity index (χ3v) is 3.99. The molecule has 0 spiro atoms. The molecule has 0 radical (unpaired) electrons. The van der Waals surface area contributed by atoms with Gasteiger partial charge in [0.1, 0.15) is 11.5 Å². The molecule has 106 valence electrons. The summed E-state index contributed by atoms with van der Waals surface area (Å²) in [5, 5.41) is 10.8. The Bertz CT molecular complexity index is 613. The standard InChI is InChI=1S/C16H16Cl2O2/c1-9-6-13(7-10(2)16(9)18)20-12-4-5-14(11(3)19)15(17)8-12/h4-8,11,19H,1-3H3. The number of hydrogen-bond acceptors (Lipinski definition) is 2. The molecule has 1 unspecified atom stereocenters. The maximum atomic E-state index is 9.55. The smallest absolute Gasteiger partial charge is 0.128 e. The summed E-state index contributed by atoms with van der Waals surface area (Å²) in [4.78, 5) is 0. The Morgan fingerprint density at radius 3 is 2.10 bits per heavy atom. The van der Waals surface area contributed by atoms with Gasteiger partial charge in [-0.1, -0.05) is 29.3 Å². The molecule has 20 heavy (non-hydrogen) atoms. The summed E-state index contributed by atoms with van der Waals surface area (Å²) in [7, 11) is 0. The average Bonchev–Trinajstić information content (AvgIpc) is 2.35. The van der Waals surface area contributed by atoms with Gasteiger partial charge in [-0.25, -0.2) is 0 Å². The van der Waals surface area contributed by atoms with E-state index in [-0.39, 0.29) is 0 Å². The van der Waals surface area contributed by atoms with E-state index in [1.807, 2.05) is 26.0 Å². The number of rotatable bonds is 3. The Kier molecular flexibility index (Phi) is 4.59. The van der Waals surface area contributed by atoms with E-state index in [4.69, 9.17) is 27.9 Å². The summed E-state index contributed by atoms with van der Waals surface area (Å²) in [5.74, 6) is 1.34. The molecule has 0 amide bonds. The van der Waals surface area contributed by atoms with Gasteiger partial charge >= 0.3 is 0 Å². The summed E-state index contributed by atoms with van der Waals surface area (Å²) >= 11 is 12.2. The average molecular weight is 311 g/mol. The highest BCUT2D eigenvalue weighted by Gasteiger charge is 2.09. The topological polar surface area (TPSA) is 29.5 Å². The van der Waals surface area contributed by atoms with Crippen molar-refractivity contribution in [3.63, 3.8) is 0 Å². The molecule has 2 aromatic rings. The highest BCUT2D eigenvalue weighted by atomic mass is 35.5. The largest absolute Gasteiger partial charge is 0.457 e. The van der Waals surface area contributed by atoms with Crippen LogP contribution < -0.4 is 4.74 Å². The Balaban J connectivity index is 2.29. The SMILES string of the molecule is Cc1cc(Oc2ccc(C(C)O)c(Cl)c2)cc(C)c1Cl. The van der Waals surface area contributed by atoms with E-state index in [0.29, 0.717) is 22.1 Å². The van der Waals surface area contributed by atoms with Crippen molar-refractivity contribution in [3.8, 4) is 11.5 Å². The van der Waals surface area contributed by atoms with Crippen LogP contribution in [0.5, 0.6) is 11.5 Å². The minimum Gasteiger partial charge on any atom is -0.457 e. The third kappa shape index (κ3) is 3.26. The molecule has 1 N–H and O–H groups in total. The zero-order valence-electron chi connectivity index (χ0n) is 11.6. The molecule has 0 aliphatic heterocycles. The number of halogens is 2. The van der Waals surface area contributed by atoms with Gasteiger partial charge in [0.15, 0.2) is 0 Å². The lowest BCUT2D eigenvalue weighted by Crippen LogP contribution is -1.93. The molecule has 2 aromatic carbocycles. The highest BCUT2D eigenvalue weighted by Crippen LogP contribution is 2.32. The van der Waals surface area contributed by atoms with Gasteiger partial charge in [0, 0.05) is 5.02 Å². The second-order valence-electron chi connectivity index (χ2n) is 4.83. The number of ether oxygens (including phenoxy) is 1. The summed E-state index contributed by atoms with van der Waals surface area (Å²) in [6.45, 7) is 5.55. The molecule has 0 saturated heterocycles. The lowest BCUT2D eigenvalue weighted by Gasteiger charge is -2.12. The molecular weight excluding hydrogens is 295 g/mol. The van der Waals surface area contributed by atoms with Crippen molar-refractivity contribution in [1.29, 1.82) is 0 Å². The summed E-state index contributed by atoms with van der Waals surface area (Å²) in [5.41, 5.74) is 2.62. The van der Waals surface area contributed by atoms with Crippen LogP contribution in [0.3, 0.4) is 0 Å². The number of aryl methyl sites for hydroxylation is 2. The van der Waals surface area contributed by atoms with Gasteiger partial charge in [-0.05, 0) is 61.7 Å². The minimum absolute atomic E-state index is 0.486. The number of aliphatic hydroxyl groups is 1. The summed E-state index contributed by atoms with van der Waals surface area (Å²) in [6.07, 6.45) is -0.600. The molecule has 0 bridgehead atoms. The molecule has 2 rings (SSSR count). The van der Waals surface area contributed by atoms with Crippen LogP contribution in [0, 0.1) is 13.8 Å². The van der Waals surface area contributed by atoms with E-state index in [9.17, 15) is 5.11 Å². The molecule has 2 nitrogen and oxygen atoms in total. The fourth-order valence-corrected chi connectivity index (χ4v) is 2.45. The third-order valence-electron chi connectivity index (χ3n) is 3.07. The van der Waals surface area contributed by atoms with Crippen molar-refractivity contribution in [3.05, 3.63) is 57.1 Å². The quantitative estimate of drug-likeness (QED) is 0.816. The van der Waals surface area contributed by atoms with Crippen LogP contribution in [0.4, 0.5) is 0 Å². The van der Waals surface area contributed by atoms with Crippen molar-refractivity contribution >= 4 is 23.2 Å². The first-order chi connectivity index (χ1) is 9.38. The molecule has 0 saturated carbocycles. The Hall–Kier alpha value is -1.22. The fraction of sp³-hybridized carbons (Fsp3) is 0.250. The van der Waals surface area contributed by atoms with Crippen LogP contribution in [0.1, 0.15) is 29.7 Å². The Morgan fingerprint density at radius 1 is 1.00 bits per heavy atom. The number of hydrogen-bond donors (Lipinski definition) is 1. The van der Waals surface area contributed by atoms with Crippen molar-refractivity contribution in [2.24, 2.45) is 0 Å². The molecule has 0 fully saturated rings. The zero-order chi connectivity index (χ0) is 14.9. The van der Waals surface area contributed by atoms with Crippen molar-refractivity contribution in [1.82, 2.24) is 0 Å². The van der Waals surface area contributed by atoms with Gasteiger partial charge in [0.2, 0.25) is 0 Å². The first-order valence-electron chi connectivity index (χ1n) is 6.30. The van der Waals surface area contributed by atoms with E-state index in [1.165, 1.54) is 0 Å². The van der Waals surface area contributed by atoms with E-state index < -0.39 is 6.10 Å². The van der Waals surface area contributed by atoms with Crippen LogP contribution in [0.25, 0.3) is 0 Å². The van der Waals surface area contributed by atoms with Gasteiger partial charge < -0.3 is 9.84 Å². The predicted octanol–water partition coefficient (Wildman–Crippen LogP) is 5.46. The Labute approximate surface area is 128 Å².